The number of halogens is 3. The molecule has 1 unspecified atom stereocenters. The van der Waals surface area contributed by atoms with Gasteiger partial charge in [-0.2, -0.15) is 23.4 Å². The van der Waals surface area contributed by atoms with E-state index in [1.54, 1.807) is 11.6 Å². The minimum Gasteiger partial charge on any atom is -0.304 e. The van der Waals surface area contributed by atoms with Crippen LogP contribution >= 0.6 is 0 Å². The van der Waals surface area contributed by atoms with Crippen LogP contribution < -0.4 is 5.32 Å². The van der Waals surface area contributed by atoms with Gasteiger partial charge >= 0.3 is 6.18 Å². The van der Waals surface area contributed by atoms with Crippen molar-refractivity contribution in [2.45, 2.75) is 46.1 Å². The van der Waals surface area contributed by atoms with E-state index in [1.807, 2.05) is 27.1 Å². The first-order chi connectivity index (χ1) is 10.2. The Morgan fingerprint density at radius 1 is 1.32 bits per heavy atom. The molecule has 2 rings (SSSR count). The fourth-order valence-electron chi connectivity index (χ4n) is 2.42. The zero-order valence-corrected chi connectivity index (χ0v) is 13.1. The van der Waals surface area contributed by atoms with Gasteiger partial charge in [0.25, 0.3) is 0 Å². The first-order valence-electron chi connectivity index (χ1n) is 7.09. The van der Waals surface area contributed by atoms with Crippen molar-refractivity contribution in [1.82, 2.24) is 24.9 Å². The lowest BCUT2D eigenvalue weighted by Gasteiger charge is -2.13. The number of hydrogen-bond acceptors (Lipinski definition) is 3. The van der Waals surface area contributed by atoms with Crippen LogP contribution in [0.2, 0.25) is 0 Å². The Bertz CT molecular complexity index is 641. The molecule has 0 radical (unpaired) electrons. The van der Waals surface area contributed by atoms with Crippen molar-refractivity contribution in [1.29, 1.82) is 0 Å². The van der Waals surface area contributed by atoms with Crippen molar-refractivity contribution in [3.63, 3.8) is 0 Å². The summed E-state index contributed by atoms with van der Waals surface area (Å²) >= 11 is 0. The van der Waals surface area contributed by atoms with Gasteiger partial charge in [-0.15, -0.1) is 0 Å². The molecular weight excluding hydrogens is 295 g/mol. The molecule has 5 nitrogen and oxygen atoms in total. The summed E-state index contributed by atoms with van der Waals surface area (Å²) in [6.45, 7) is 6.35. The van der Waals surface area contributed by atoms with Crippen LogP contribution in [0.5, 0.6) is 0 Å². The predicted octanol–water partition coefficient (Wildman–Crippen LogP) is 2.81. The molecule has 2 aromatic heterocycles. The van der Waals surface area contributed by atoms with E-state index in [0.717, 1.165) is 17.3 Å². The Kier molecular flexibility index (Phi) is 4.60. The molecule has 22 heavy (non-hydrogen) atoms. The molecule has 8 heteroatoms. The van der Waals surface area contributed by atoms with Crippen molar-refractivity contribution < 1.29 is 13.2 Å². The maximum Gasteiger partial charge on any atom is 0.435 e. The first kappa shape index (κ1) is 16.5. The molecule has 0 fully saturated rings. The third-order valence-electron chi connectivity index (χ3n) is 3.56. The van der Waals surface area contributed by atoms with Crippen molar-refractivity contribution >= 4 is 0 Å². The van der Waals surface area contributed by atoms with Gasteiger partial charge < -0.3 is 5.32 Å². The average Bonchev–Trinajstić information content (AvgIpc) is 2.98. The van der Waals surface area contributed by atoms with Gasteiger partial charge in [0, 0.05) is 37.9 Å². The van der Waals surface area contributed by atoms with Crippen molar-refractivity contribution in [2.24, 2.45) is 7.05 Å². The van der Waals surface area contributed by atoms with E-state index in [-0.39, 0.29) is 6.04 Å². The first-order valence-corrected chi connectivity index (χ1v) is 7.09. The van der Waals surface area contributed by atoms with E-state index in [1.165, 1.54) is 4.68 Å². The molecule has 0 aliphatic rings. The quantitative estimate of drug-likeness (QED) is 0.923. The van der Waals surface area contributed by atoms with Crippen LogP contribution in [0.4, 0.5) is 13.2 Å². The highest BCUT2D eigenvalue weighted by Gasteiger charge is 2.34. The highest BCUT2D eigenvalue weighted by atomic mass is 19.4. The smallest absolute Gasteiger partial charge is 0.304 e. The Morgan fingerprint density at radius 3 is 2.50 bits per heavy atom. The summed E-state index contributed by atoms with van der Waals surface area (Å²) in [5, 5.41) is 11.1. The fraction of sp³-hybridized carbons (Fsp3) is 0.571. The molecular formula is C14H20F3N5. The Labute approximate surface area is 127 Å². The Hall–Kier alpha value is -1.83. The summed E-state index contributed by atoms with van der Waals surface area (Å²) < 4.78 is 41.3. The number of rotatable bonds is 5. The molecule has 0 aliphatic heterocycles. The minimum atomic E-state index is -4.42. The van der Waals surface area contributed by atoms with Crippen molar-refractivity contribution in [2.75, 3.05) is 0 Å². The highest BCUT2D eigenvalue weighted by Crippen LogP contribution is 2.28. The summed E-state index contributed by atoms with van der Waals surface area (Å²) in [5.74, 6) is 0. The van der Waals surface area contributed by atoms with Crippen LogP contribution in [0.15, 0.2) is 12.3 Å². The number of nitrogens with one attached hydrogen (secondary N) is 1. The fourth-order valence-corrected chi connectivity index (χ4v) is 2.42. The molecule has 122 valence electrons. The van der Waals surface area contributed by atoms with Crippen LogP contribution in [0.25, 0.3) is 0 Å². The second-order valence-corrected chi connectivity index (χ2v) is 5.28. The number of hydrogen-bond donors (Lipinski definition) is 1. The second kappa shape index (κ2) is 6.12. The summed E-state index contributed by atoms with van der Waals surface area (Å²) in [6, 6.07) is 1.09. The molecule has 0 bridgehead atoms. The van der Waals surface area contributed by atoms with Gasteiger partial charge in [-0.25, -0.2) is 0 Å². The third kappa shape index (κ3) is 3.49. The number of aromatic nitrogens is 4. The van der Waals surface area contributed by atoms with Crippen LogP contribution in [-0.2, 0) is 26.3 Å². The monoisotopic (exact) mass is 315 g/mol. The molecule has 0 saturated heterocycles. The zero-order chi connectivity index (χ0) is 16.5. The third-order valence-corrected chi connectivity index (χ3v) is 3.56. The van der Waals surface area contributed by atoms with Gasteiger partial charge in [0.05, 0.1) is 11.4 Å². The molecule has 2 aromatic rings. The van der Waals surface area contributed by atoms with Gasteiger partial charge in [0.1, 0.15) is 0 Å². The lowest BCUT2D eigenvalue weighted by Crippen LogP contribution is -2.20. The molecule has 2 heterocycles. The summed E-state index contributed by atoms with van der Waals surface area (Å²) in [5.41, 5.74) is 1.60. The van der Waals surface area contributed by atoms with E-state index in [0.29, 0.717) is 18.8 Å². The molecule has 0 amide bonds. The van der Waals surface area contributed by atoms with Crippen LogP contribution in [0.1, 0.15) is 42.5 Å². The number of nitrogens with zero attached hydrogens (tertiary/aromatic N) is 4. The number of alkyl halides is 3. The van der Waals surface area contributed by atoms with E-state index < -0.39 is 11.9 Å². The van der Waals surface area contributed by atoms with Crippen LogP contribution in [0.3, 0.4) is 0 Å². The average molecular weight is 315 g/mol. The SMILES string of the molecule is CCn1nc(C(F)(F)F)cc1CNC(C)c1cn(C)nc1C. The normalized spacial score (nSPS) is 13.6. The topological polar surface area (TPSA) is 47.7 Å². The second-order valence-electron chi connectivity index (χ2n) is 5.28. The van der Waals surface area contributed by atoms with Gasteiger partial charge in [-0.1, -0.05) is 0 Å². The van der Waals surface area contributed by atoms with E-state index in [4.69, 9.17) is 0 Å². The molecule has 0 spiro atoms. The van der Waals surface area contributed by atoms with Gasteiger partial charge in [0.15, 0.2) is 5.69 Å². The van der Waals surface area contributed by atoms with E-state index >= 15 is 0 Å². The minimum absolute atomic E-state index is 0.0109. The predicted molar refractivity (Wildman–Crippen MR) is 76.1 cm³/mol. The molecule has 0 aliphatic carbocycles. The zero-order valence-electron chi connectivity index (χ0n) is 13.1. The molecule has 1 atom stereocenters. The maximum absolute atomic E-state index is 12.7. The number of aryl methyl sites for hydroxylation is 3. The van der Waals surface area contributed by atoms with Gasteiger partial charge in [0.2, 0.25) is 0 Å². The molecule has 0 saturated carbocycles. The summed E-state index contributed by atoms with van der Waals surface area (Å²) in [7, 11) is 1.84. The van der Waals surface area contributed by atoms with Crippen LogP contribution in [0, 0.1) is 6.92 Å². The maximum atomic E-state index is 12.7. The van der Waals surface area contributed by atoms with E-state index in [2.05, 4.69) is 15.5 Å². The largest absolute Gasteiger partial charge is 0.435 e. The highest BCUT2D eigenvalue weighted by molar-refractivity contribution is 5.20. The summed E-state index contributed by atoms with van der Waals surface area (Å²) in [6.07, 6.45) is -2.51. The lowest BCUT2D eigenvalue weighted by molar-refractivity contribution is -0.141. The molecule has 1 N–H and O–H groups in total. The van der Waals surface area contributed by atoms with E-state index in [9.17, 15) is 13.2 Å². The molecule has 0 aromatic carbocycles. The van der Waals surface area contributed by atoms with Crippen LogP contribution in [-0.4, -0.2) is 19.6 Å². The standard InChI is InChI=1S/C14H20F3N5/c1-5-22-11(6-13(20-22)14(15,16)17)7-18-9(2)12-8-21(4)19-10(12)3/h6,8-9,18H,5,7H2,1-4H3. The lowest BCUT2D eigenvalue weighted by atomic mass is 10.1. The van der Waals surface area contributed by atoms with Gasteiger partial charge in [-0.3, -0.25) is 9.36 Å². The van der Waals surface area contributed by atoms with Gasteiger partial charge in [-0.05, 0) is 26.8 Å². The van der Waals surface area contributed by atoms with Crippen molar-refractivity contribution in [3.05, 3.63) is 34.9 Å². The summed E-state index contributed by atoms with van der Waals surface area (Å²) in [4.78, 5) is 0. The Balaban J connectivity index is 2.11. The van der Waals surface area contributed by atoms with Crippen molar-refractivity contribution in [3.8, 4) is 0 Å². The Morgan fingerprint density at radius 2 is 2.00 bits per heavy atom.